The molecule has 0 unspecified atom stereocenters. The average Bonchev–Trinajstić information content (AvgIpc) is 3.09. The van der Waals surface area contributed by atoms with Crippen molar-refractivity contribution in [2.45, 2.75) is 26.7 Å². The highest BCUT2D eigenvalue weighted by Crippen LogP contribution is 2.34. The Morgan fingerprint density at radius 3 is 2.66 bits per heavy atom. The molecule has 6 heteroatoms. The zero-order chi connectivity index (χ0) is 20.4. The molecule has 0 aliphatic heterocycles. The van der Waals surface area contributed by atoms with Gasteiger partial charge >= 0.3 is 0 Å². The molecule has 0 bridgehead atoms. The first-order chi connectivity index (χ1) is 14.1. The molecule has 0 amide bonds. The fraction of sp³-hybridized carbons (Fsp3) is 0.217. The van der Waals surface area contributed by atoms with Gasteiger partial charge in [0.05, 0.1) is 12.3 Å². The van der Waals surface area contributed by atoms with Gasteiger partial charge in [-0.2, -0.15) is 5.10 Å². The first kappa shape index (κ1) is 19.2. The van der Waals surface area contributed by atoms with Crippen LogP contribution in [-0.4, -0.2) is 26.5 Å². The molecule has 0 saturated carbocycles. The molecule has 0 aliphatic rings. The molecule has 5 nitrogen and oxygen atoms in total. The van der Waals surface area contributed by atoms with Crippen LogP contribution in [-0.2, 0) is 0 Å². The minimum Gasteiger partial charge on any atom is -0.508 e. The summed E-state index contributed by atoms with van der Waals surface area (Å²) in [6, 6.07) is 17.4. The van der Waals surface area contributed by atoms with Gasteiger partial charge in [-0.05, 0) is 61.5 Å². The molecule has 1 heterocycles. The Bertz CT molecular complexity index is 1230. The summed E-state index contributed by atoms with van der Waals surface area (Å²) in [7, 11) is 0. The molecule has 0 atom stereocenters. The van der Waals surface area contributed by atoms with Gasteiger partial charge in [0.1, 0.15) is 11.5 Å². The number of nitrogens with one attached hydrogen (secondary N) is 1. The number of hydrogen-bond acceptors (Lipinski definition) is 4. The van der Waals surface area contributed by atoms with Crippen LogP contribution in [0.5, 0.6) is 11.5 Å². The highest BCUT2D eigenvalue weighted by Gasteiger charge is 2.16. The molecule has 4 aromatic rings. The van der Waals surface area contributed by atoms with E-state index >= 15 is 0 Å². The quantitative estimate of drug-likeness (QED) is 0.308. The number of benzene rings is 3. The topological polar surface area (TPSA) is 63.1 Å². The van der Waals surface area contributed by atoms with Crippen molar-refractivity contribution in [1.82, 2.24) is 14.8 Å². The summed E-state index contributed by atoms with van der Waals surface area (Å²) in [4.78, 5) is 0. The summed E-state index contributed by atoms with van der Waals surface area (Å²) in [5.74, 6) is 1.80. The minimum atomic E-state index is 0.228. The van der Waals surface area contributed by atoms with Crippen LogP contribution in [0.4, 0.5) is 0 Å². The SMILES string of the molecule is CCCCOc1ccc(-n2c(-c3ccc(O)cc3C)n[nH]c2=S)c2ccccc12. The maximum absolute atomic E-state index is 9.77. The van der Waals surface area contributed by atoms with E-state index < -0.39 is 0 Å². The zero-order valence-electron chi connectivity index (χ0n) is 16.5. The van der Waals surface area contributed by atoms with Gasteiger partial charge in [0, 0.05) is 16.3 Å². The zero-order valence-corrected chi connectivity index (χ0v) is 17.3. The number of aryl methyl sites for hydroxylation is 1. The third-order valence-electron chi connectivity index (χ3n) is 4.98. The number of rotatable bonds is 6. The summed E-state index contributed by atoms with van der Waals surface area (Å²) in [5, 5.41) is 19.2. The van der Waals surface area contributed by atoms with E-state index in [-0.39, 0.29) is 5.75 Å². The van der Waals surface area contributed by atoms with Crippen LogP contribution < -0.4 is 4.74 Å². The van der Waals surface area contributed by atoms with Crippen molar-refractivity contribution < 1.29 is 9.84 Å². The molecule has 148 valence electrons. The van der Waals surface area contributed by atoms with Crippen LogP contribution in [0.25, 0.3) is 27.8 Å². The number of aromatic nitrogens is 3. The van der Waals surface area contributed by atoms with Gasteiger partial charge in [0.15, 0.2) is 10.6 Å². The Kier molecular flexibility index (Phi) is 5.36. The fourth-order valence-electron chi connectivity index (χ4n) is 3.50. The number of fused-ring (bicyclic) bond motifs is 1. The Morgan fingerprint density at radius 1 is 1.10 bits per heavy atom. The number of H-pyrrole nitrogens is 1. The van der Waals surface area contributed by atoms with Gasteiger partial charge in [0.25, 0.3) is 0 Å². The number of ether oxygens (including phenoxy) is 1. The Balaban J connectivity index is 1.90. The van der Waals surface area contributed by atoms with Crippen LogP contribution >= 0.6 is 12.2 Å². The Labute approximate surface area is 174 Å². The van der Waals surface area contributed by atoms with Gasteiger partial charge < -0.3 is 9.84 Å². The average molecular weight is 406 g/mol. The number of phenolic OH excluding ortho intramolecular Hbond substituents is 1. The number of hydrogen-bond donors (Lipinski definition) is 2. The minimum absolute atomic E-state index is 0.228. The Hall–Kier alpha value is -3.12. The number of unbranched alkanes of at least 4 members (excludes halogenated alkanes) is 1. The molecule has 3 aromatic carbocycles. The van der Waals surface area contributed by atoms with Crippen LogP contribution in [0.3, 0.4) is 0 Å². The largest absolute Gasteiger partial charge is 0.508 e. The standard InChI is InChI=1S/C23H23N3O2S/c1-3-4-13-28-21-12-11-20(18-7-5-6-8-19(18)21)26-22(24-25-23(26)29)17-10-9-16(27)14-15(17)2/h5-12,14,27H,3-4,13H2,1-2H3,(H,25,29). The van der Waals surface area contributed by atoms with Crippen molar-refractivity contribution in [3.8, 4) is 28.6 Å². The molecule has 0 aliphatic carbocycles. The predicted octanol–water partition coefficient (Wildman–Crippen LogP) is 5.94. The van der Waals surface area contributed by atoms with Crippen LogP contribution in [0.2, 0.25) is 0 Å². The maximum Gasteiger partial charge on any atom is 0.200 e. The van der Waals surface area contributed by atoms with Crippen LogP contribution in [0.1, 0.15) is 25.3 Å². The molecule has 0 radical (unpaired) electrons. The van der Waals surface area contributed by atoms with Crippen LogP contribution in [0.15, 0.2) is 54.6 Å². The van der Waals surface area contributed by atoms with E-state index in [0.717, 1.165) is 46.2 Å². The van der Waals surface area contributed by atoms with E-state index in [9.17, 15) is 5.11 Å². The number of phenols is 1. The second-order valence-corrected chi connectivity index (χ2v) is 7.40. The predicted molar refractivity (Wildman–Crippen MR) is 118 cm³/mol. The van der Waals surface area contributed by atoms with E-state index in [1.54, 1.807) is 12.1 Å². The fourth-order valence-corrected chi connectivity index (χ4v) is 3.73. The van der Waals surface area contributed by atoms with Crippen LogP contribution in [0, 0.1) is 11.7 Å². The summed E-state index contributed by atoms with van der Waals surface area (Å²) in [6.45, 7) is 4.79. The first-order valence-corrected chi connectivity index (χ1v) is 10.1. The van der Waals surface area contributed by atoms with Gasteiger partial charge in [0.2, 0.25) is 0 Å². The van der Waals surface area contributed by atoms with Crippen molar-refractivity contribution in [2.24, 2.45) is 0 Å². The Morgan fingerprint density at radius 2 is 1.90 bits per heavy atom. The van der Waals surface area contributed by atoms with Crippen molar-refractivity contribution in [1.29, 1.82) is 0 Å². The lowest BCUT2D eigenvalue weighted by Gasteiger charge is -2.15. The van der Waals surface area contributed by atoms with E-state index in [1.807, 2.05) is 41.8 Å². The molecule has 29 heavy (non-hydrogen) atoms. The smallest absolute Gasteiger partial charge is 0.200 e. The molecule has 2 N–H and O–H groups in total. The van der Waals surface area contributed by atoms with Gasteiger partial charge in [-0.25, -0.2) is 0 Å². The van der Waals surface area contributed by atoms with E-state index in [4.69, 9.17) is 17.0 Å². The van der Waals surface area contributed by atoms with E-state index in [0.29, 0.717) is 17.2 Å². The first-order valence-electron chi connectivity index (χ1n) is 9.72. The van der Waals surface area contributed by atoms with E-state index in [1.165, 1.54) is 0 Å². The summed E-state index contributed by atoms with van der Waals surface area (Å²) >= 11 is 5.57. The summed E-state index contributed by atoms with van der Waals surface area (Å²) < 4.78 is 8.47. The van der Waals surface area contributed by atoms with Gasteiger partial charge in [-0.15, -0.1) is 0 Å². The van der Waals surface area contributed by atoms with Crippen molar-refractivity contribution in [3.05, 3.63) is 64.9 Å². The maximum atomic E-state index is 9.77. The monoisotopic (exact) mass is 405 g/mol. The number of aromatic hydroxyl groups is 1. The molecule has 0 saturated heterocycles. The molecule has 1 aromatic heterocycles. The molecular formula is C23H23N3O2S. The summed E-state index contributed by atoms with van der Waals surface area (Å²) in [5.41, 5.74) is 2.76. The lowest BCUT2D eigenvalue weighted by molar-refractivity contribution is 0.313. The highest BCUT2D eigenvalue weighted by atomic mass is 32.1. The third-order valence-corrected chi connectivity index (χ3v) is 5.25. The van der Waals surface area contributed by atoms with Gasteiger partial charge in [-0.3, -0.25) is 9.67 Å². The second kappa shape index (κ2) is 8.09. The number of nitrogens with zero attached hydrogens (tertiary/aromatic N) is 2. The third kappa shape index (κ3) is 3.63. The van der Waals surface area contributed by atoms with Crippen molar-refractivity contribution in [2.75, 3.05) is 6.61 Å². The highest BCUT2D eigenvalue weighted by molar-refractivity contribution is 7.71. The number of aromatic amines is 1. The lowest BCUT2D eigenvalue weighted by Crippen LogP contribution is -2.02. The molecular weight excluding hydrogens is 382 g/mol. The van der Waals surface area contributed by atoms with Crippen molar-refractivity contribution >= 4 is 23.0 Å². The second-order valence-electron chi connectivity index (χ2n) is 7.02. The molecule has 0 fully saturated rings. The summed E-state index contributed by atoms with van der Waals surface area (Å²) in [6.07, 6.45) is 2.11. The normalized spacial score (nSPS) is 11.1. The molecule has 0 spiro atoms. The van der Waals surface area contributed by atoms with Crippen molar-refractivity contribution in [3.63, 3.8) is 0 Å². The molecule has 4 rings (SSSR count). The van der Waals surface area contributed by atoms with Gasteiger partial charge in [-0.1, -0.05) is 37.6 Å². The lowest BCUT2D eigenvalue weighted by atomic mass is 10.1. The van der Waals surface area contributed by atoms with E-state index in [2.05, 4.69) is 29.3 Å².